The summed E-state index contributed by atoms with van der Waals surface area (Å²) in [6.07, 6.45) is 0. The van der Waals surface area contributed by atoms with Crippen LogP contribution in [0.4, 0.5) is 10.8 Å². The molecule has 0 aliphatic carbocycles. The van der Waals surface area contributed by atoms with Crippen LogP contribution in [0.2, 0.25) is 0 Å². The molecule has 1 amide bonds. The van der Waals surface area contributed by atoms with E-state index in [1.165, 1.54) is 23.1 Å². The summed E-state index contributed by atoms with van der Waals surface area (Å²) in [6, 6.07) is 5.99. The van der Waals surface area contributed by atoms with Crippen LogP contribution < -0.4 is 10.6 Å². The molecule has 1 aromatic heterocycles. The Hall–Kier alpha value is -1.60. The van der Waals surface area contributed by atoms with Crippen molar-refractivity contribution in [2.75, 3.05) is 23.4 Å². The molecule has 0 saturated heterocycles. The van der Waals surface area contributed by atoms with Gasteiger partial charge in [0.15, 0.2) is 4.34 Å². The smallest absolute Gasteiger partial charge is 0.234 e. The third-order valence-corrected chi connectivity index (χ3v) is 4.53. The van der Waals surface area contributed by atoms with Crippen molar-refractivity contribution in [2.24, 2.45) is 0 Å². The average Bonchev–Trinajstić information content (AvgIpc) is 2.83. The van der Waals surface area contributed by atoms with E-state index in [0.717, 1.165) is 26.3 Å². The van der Waals surface area contributed by atoms with Gasteiger partial charge in [-0.25, -0.2) is 0 Å². The fraction of sp³-hybridized carbons (Fsp3) is 0.308. The second-order valence-corrected chi connectivity index (χ2v) is 6.54. The molecule has 0 unspecified atom stereocenters. The number of carbonyl (C=O) groups is 1. The molecule has 0 saturated carbocycles. The maximum Gasteiger partial charge on any atom is 0.234 e. The van der Waals surface area contributed by atoms with Crippen molar-refractivity contribution in [3.63, 3.8) is 0 Å². The molecule has 5 nitrogen and oxygen atoms in total. The van der Waals surface area contributed by atoms with Gasteiger partial charge in [0.05, 0.1) is 5.75 Å². The summed E-state index contributed by atoms with van der Waals surface area (Å²) >= 11 is 2.82. The molecule has 2 rings (SSSR count). The number of rotatable bonds is 5. The zero-order valence-electron chi connectivity index (χ0n) is 11.6. The molecule has 2 N–H and O–H groups in total. The van der Waals surface area contributed by atoms with E-state index in [1.807, 2.05) is 26.0 Å². The maximum absolute atomic E-state index is 11.9. The van der Waals surface area contributed by atoms with Crippen LogP contribution in [0.1, 0.15) is 11.1 Å². The van der Waals surface area contributed by atoms with Crippen molar-refractivity contribution >= 4 is 39.8 Å². The number of thioether (sulfide) groups is 1. The fourth-order valence-corrected chi connectivity index (χ4v) is 3.25. The number of amides is 1. The number of carbonyl (C=O) groups excluding carboxylic acids is 1. The number of benzene rings is 1. The molecule has 1 heterocycles. The fourth-order valence-electron chi connectivity index (χ4n) is 1.74. The maximum atomic E-state index is 11.9. The third kappa shape index (κ3) is 4.21. The van der Waals surface area contributed by atoms with Crippen LogP contribution in [0.15, 0.2) is 22.5 Å². The Morgan fingerprint density at radius 2 is 1.95 bits per heavy atom. The predicted molar refractivity (Wildman–Crippen MR) is 84.7 cm³/mol. The molecular formula is C13H16N4OS2. The molecule has 0 radical (unpaired) electrons. The van der Waals surface area contributed by atoms with Gasteiger partial charge in [-0.15, -0.1) is 10.2 Å². The Labute approximate surface area is 126 Å². The summed E-state index contributed by atoms with van der Waals surface area (Å²) in [5.74, 6) is 0.284. The van der Waals surface area contributed by atoms with Gasteiger partial charge in [0.25, 0.3) is 0 Å². The summed E-state index contributed by atoms with van der Waals surface area (Å²) in [6.45, 7) is 4.02. The van der Waals surface area contributed by atoms with Crippen LogP contribution in [0.5, 0.6) is 0 Å². The summed E-state index contributed by atoms with van der Waals surface area (Å²) in [4.78, 5) is 11.9. The first kappa shape index (κ1) is 14.8. The number of nitrogens with one attached hydrogen (secondary N) is 2. The molecule has 106 valence electrons. The predicted octanol–water partition coefficient (Wildman–Crippen LogP) is 2.93. The van der Waals surface area contributed by atoms with E-state index >= 15 is 0 Å². The van der Waals surface area contributed by atoms with E-state index in [0.29, 0.717) is 5.75 Å². The number of hydrogen-bond acceptors (Lipinski definition) is 6. The third-order valence-electron chi connectivity index (χ3n) is 2.45. The highest BCUT2D eigenvalue weighted by Crippen LogP contribution is 2.25. The molecule has 1 aromatic carbocycles. The second kappa shape index (κ2) is 6.71. The van der Waals surface area contributed by atoms with Gasteiger partial charge in [-0.2, -0.15) is 0 Å². The molecule has 0 aliphatic heterocycles. The summed E-state index contributed by atoms with van der Waals surface area (Å²) in [5.41, 5.74) is 3.10. The van der Waals surface area contributed by atoms with Gasteiger partial charge >= 0.3 is 0 Å². The first-order chi connectivity index (χ1) is 9.56. The Bertz CT molecular complexity index is 592. The van der Waals surface area contributed by atoms with Crippen LogP contribution in [0.25, 0.3) is 0 Å². The van der Waals surface area contributed by atoms with Crippen LogP contribution in [-0.2, 0) is 4.79 Å². The quantitative estimate of drug-likeness (QED) is 0.831. The van der Waals surface area contributed by atoms with E-state index in [9.17, 15) is 4.79 Å². The van der Waals surface area contributed by atoms with Crippen molar-refractivity contribution in [1.82, 2.24) is 10.2 Å². The molecule has 0 spiro atoms. The average molecular weight is 308 g/mol. The van der Waals surface area contributed by atoms with Crippen LogP contribution in [0, 0.1) is 13.8 Å². The second-order valence-electron chi connectivity index (χ2n) is 4.34. The number of nitrogens with zero attached hydrogens (tertiary/aromatic N) is 2. The van der Waals surface area contributed by atoms with Gasteiger partial charge in [-0.1, -0.05) is 29.2 Å². The highest BCUT2D eigenvalue weighted by molar-refractivity contribution is 8.01. The highest BCUT2D eigenvalue weighted by Gasteiger charge is 2.08. The van der Waals surface area contributed by atoms with Crippen molar-refractivity contribution in [1.29, 1.82) is 0 Å². The van der Waals surface area contributed by atoms with Crippen LogP contribution in [-0.4, -0.2) is 28.9 Å². The minimum atomic E-state index is -0.0405. The largest absolute Gasteiger partial charge is 0.363 e. The van der Waals surface area contributed by atoms with Crippen molar-refractivity contribution in [2.45, 2.75) is 18.2 Å². The van der Waals surface area contributed by atoms with E-state index in [1.54, 1.807) is 7.05 Å². The van der Waals surface area contributed by atoms with Gasteiger partial charge in [-0.3, -0.25) is 4.79 Å². The van der Waals surface area contributed by atoms with Gasteiger partial charge in [0.1, 0.15) is 0 Å². The standard InChI is InChI=1S/C13H16N4OS2/c1-8-4-9(2)6-10(5-8)15-11(18)7-19-13-17-16-12(14-3)20-13/h4-6H,7H2,1-3H3,(H,14,16)(H,15,18). The molecule has 0 bridgehead atoms. The summed E-state index contributed by atoms with van der Waals surface area (Å²) in [7, 11) is 1.79. The van der Waals surface area contributed by atoms with Crippen molar-refractivity contribution in [3.8, 4) is 0 Å². The number of anilines is 2. The normalized spacial score (nSPS) is 10.3. The lowest BCUT2D eigenvalue weighted by atomic mass is 10.1. The molecule has 0 aliphatic rings. The lowest BCUT2D eigenvalue weighted by molar-refractivity contribution is -0.113. The Kier molecular flexibility index (Phi) is 4.97. The van der Waals surface area contributed by atoms with Crippen LogP contribution >= 0.6 is 23.1 Å². The number of aromatic nitrogens is 2. The molecule has 0 atom stereocenters. The molecule has 7 heteroatoms. The lowest BCUT2D eigenvalue weighted by Crippen LogP contribution is -2.14. The summed E-state index contributed by atoms with van der Waals surface area (Å²) in [5, 5.41) is 14.5. The number of aryl methyl sites for hydroxylation is 2. The first-order valence-electron chi connectivity index (χ1n) is 6.09. The van der Waals surface area contributed by atoms with E-state index < -0.39 is 0 Å². The van der Waals surface area contributed by atoms with Crippen molar-refractivity contribution < 1.29 is 4.79 Å². The topological polar surface area (TPSA) is 66.9 Å². The van der Waals surface area contributed by atoms with E-state index in [4.69, 9.17) is 0 Å². The van der Waals surface area contributed by atoms with Gasteiger partial charge < -0.3 is 10.6 Å². The highest BCUT2D eigenvalue weighted by atomic mass is 32.2. The minimum absolute atomic E-state index is 0.0405. The minimum Gasteiger partial charge on any atom is -0.363 e. The van der Waals surface area contributed by atoms with Crippen LogP contribution in [0.3, 0.4) is 0 Å². The Morgan fingerprint density at radius 3 is 2.55 bits per heavy atom. The lowest BCUT2D eigenvalue weighted by Gasteiger charge is -2.06. The van der Waals surface area contributed by atoms with E-state index in [2.05, 4.69) is 26.9 Å². The van der Waals surface area contributed by atoms with Crippen molar-refractivity contribution in [3.05, 3.63) is 29.3 Å². The first-order valence-corrected chi connectivity index (χ1v) is 7.89. The Balaban J connectivity index is 1.89. The van der Waals surface area contributed by atoms with Gasteiger partial charge in [0, 0.05) is 12.7 Å². The zero-order valence-corrected chi connectivity index (χ0v) is 13.2. The number of hydrogen-bond donors (Lipinski definition) is 2. The molecule has 0 fully saturated rings. The van der Waals surface area contributed by atoms with E-state index in [-0.39, 0.29) is 5.91 Å². The molecular weight excluding hydrogens is 292 g/mol. The molecule has 20 heavy (non-hydrogen) atoms. The molecule has 2 aromatic rings. The Morgan fingerprint density at radius 1 is 1.25 bits per heavy atom. The summed E-state index contributed by atoms with van der Waals surface area (Å²) < 4.78 is 0.782. The van der Waals surface area contributed by atoms with Gasteiger partial charge in [0.2, 0.25) is 11.0 Å². The monoisotopic (exact) mass is 308 g/mol. The van der Waals surface area contributed by atoms with Gasteiger partial charge in [-0.05, 0) is 37.1 Å². The zero-order chi connectivity index (χ0) is 14.5. The SMILES string of the molecule is CNc1nnc(SCC(=O)Nc2cc(C)cc(C)c2)s1.